The minimum atomic E-state index is -0.345. The number of anilines is 1. The highest BCUT2D eigenvalue weighted by molar-refractivity contribution is 6.10. The van der Waals surface area contributed by atoms with Crippen molar-refractivity contribution in [2.45, 2.75) is 6.54 Å². The minimum Gasteiger partial charge on any atom is -0.496 e. The van der Waals surface area contributed by atoms with Crippen LogP contribution < -0.4 is 15.8 Å². The number of nitrogen functional groups attached to an aromatic ring is 1. The maximum atomic E-state index is 13.2. The lowest BCUT2D eigenvalue weighted by Crippen LogP contribution is -2.23. The summed E-state index contributed by atoms with van der Waals surface area (Å²) >= 11 is 0. The van der Waals surface area contributed by atoms with Gasteiger partial charge in [0.2, 0.25) is 0 Å². The number of carbonyl (C=O) groups excluding carboxylic acids is 1. The van der Waals surface area contributed by atoms with Gasteiger partial charge in [0.25, 0.3) is 5.91 Å². The number of rotatable bonds is 6. The standard InChI is InChI=1S/C26H22N6O2/c1-34-21-14-8-5-11-18(21)16-29-32-24(27)22(26(33)28-15-17-9-3-2-4-10-17)23-25(32)31-20-13-7-6-12-19(20)30-23/h2-14,16H,15,27H2,1H3,(H,28,33)/b29-16-. The highest BCUT2D eigenvalue weighted by Crippen LogP contribution is 2.28. The summed E-state index contributed by atoms with van der Waals surface area (Å²) in [6.07, 6.45) is 1.62. The van der Waals surface area contributed by atoms with Gasteiger partial charge in [0.05, 0.1) is 24.4 Å². The third-order valence-corrected chi connectivity index (χ3v) is 5.45. The van der Waals surface area contributed by atoms with E-state index in [-0.39, 0.29) is 17.3 Å². The molecule has 0 spiro atoms. The Morgan fingerprint density at radius 1 is 1.00 bits per heavy atom. The van der Waals surface area contributed by atoms with E-state index in [0.29, 0.717) is 34.5 Å². The van der Waals surface area contributed by atoms with E-state index in [0.717, 1.165) is 11.1 Å². The quantitative estimate of drug-likeness (QED) is 0.381. The van der Waals surface area contributed by atoms with E-state index in [2.05, 4.69) is 10.4 Å². The second kappa shape index (κ2) is 9.03. The topological polar surface area (TPSA) is 107 Å². The minimum absolute atomic E-state index is 0.155. The van der Waals surface area contributed by atoms with E-state index in [9.17, 15) is 4.79 Å². The van der Waals surface area contributed by atoms with Gasteiger partial charge in [0.15, 0.2) is 5.65 Å². The van der Waals surface area contributed by atoms with Gasteiger partial charge >= 0.3 is 0 Å². The lowest BCUT2D eigenvalue weighted by atomic mass is 10.2. The lowest BCUT2D eigenvalue weighted by Gasteiger charge is -2.06. The molecule has 0 fully saturated rings. The second-order valence-electron chi connectivity index (χ2n) is 7.61. The molecular formula is C26H22N6O2. The van der Waals surface area contributed by atoms with Crippen LogP contribution >= 0.6 is 0 Å². The zero-order valence-electron chi connectivity index (χ0n) is 18.5. The van der Waals surface area contributed by atoms with Gasteiger partial charge in [0, 0.05) is 12.1 Å². The number of nitrogens with zero attached hydrogens (tertiary/aromatic N) is 4. The van der Waals surface area contributed by atoms with E-state index in [1.165, 1.54) is 4.68 Å². The Morgan fingerprint density at radius 2 is 1.68 bits per heavy atom. The molecule has 1 amide bonds. The summed E-state index contributed by atoms with van der Waals surface area (Å²) in [4.78, 5) is 22.6. The average molecular weight is 451 g/mol. The molecule has 5 rings (SSSR count). The fraction of sp³-hybridized carbons (Fsp3) is 0.0769. The fourth-order valence-corrected chi connectivity index (χ4v) is 3.75. The monoisotopic (exact) mass is 450 g/mol. The van der Waals surface area contributed by atoms with Crippen LogP contribution in [0.25, 0.3) is 22.2 Å². The Balaban J connectivity index is 1.61. The van der Waals surface area contributed by atoms with Crippen molar-refractivity contribution in [1.82, 2.24) is 20.0 Å². The highest BCUT2D eigenvalue weighted by Gasteiger charge is 2.24. The van der Waals surface area contributed by atoms with Crippen molar-refractivity contribution in [3.8, 4) is 5.75 Å². The molecule has 0 radical (unpaired) electrons. The van der Waals surface area contributed by atoms with Crippen LogP contribution in [0.5, 0.6) is 5.75 Å². The number of methoxy groups -OCH3 is 1. The summed E-state index contributed by atoms with van der Waals surface area (Å²) < 4.78 is 6.85. The Kier molecular flexibility index (Phi) is 5.61. The van der Waals surface area contributed by atoms with Gasteiger partial charge < -0.3 is 15.8 Å². The summed E-state index contributed by atoms with van der Waals surface area (Å²) in [6.45, 7) is 0.358. The fourth-order valence-electron chi connectivity index (χ4n) is 3.75. The summed E-state index contributed by atoms with van der Waals surface area (Å²) in [6, 6.07) is 24.6. The molecule has 5 aromatic rings. The van der Waals surface area contributed by atoms with Crippen molar-refractivity contribution in [1.29, 1.82) is 0 Å². The molecular weight excluding hydrogens is 428 g/mol. The number of benzene rings is 3. The average Bonchev–Trinajstić information content (AvgIpc) is 3.15. The number of nitrogens with two attached hydrogens (primary N) is 1. The van der Waals surface area contributed by atoms with Crippen LogP contribution in [0.1, 0.15) is 21.5 Å². The summed E-state index contributed by atoms with van der Waals surface area (Å²) in [5.74, 6) is 0.475. The number of fused-ring (bicyclic) bond motifs is 2. The van der Waals surface area contributed by atoms with Gasteiger partial charge in [0.1, 0.15) is 22.6 Å². The first-order chi connectivity index (χ1) is 16.7. The van der Waals surface area contributed by atoms with Crippen molar-refractivity contribution in [2.75, 3.05) is 12.8 Å². The van der Waals surface area contributed by atoms with Crippen molar-refractivity contribution >= 4 is 40.1 Å². The number of nitrogens with one attached hydrogen (secondary N) is 1. The molecule has 2 aromatic heterocycles. The molecule has 0 bridgehead atoms. The Bertz CT molecular complexity index is 1530. The number of hydrogen-bond donors (Lipinski definition) is 2. The van der Waals surface area contributed by atoms with E-state index in [1.54, 1.807) is 13.3 Å². The maximum Gasteiger partial charge on any atom is 0.257 e. The molecule has 0 aliphatic rings. The van der Waals surface area contributed by atoms with Gasteiger partial charge in [-0.2, -0.15) is 9.78 Å². The zero-order valence-corrected chi connectivity index (χ0v) is 18.5. The predicted molar refractivity (Wildman–Crippen MR) is 133 cm³/mol. The Morgan fingerprint density at radius 3 is 2.44 bits per heavy atom. The van der Waals surface area contributed by atoms with Crippen LogP contribution in [-0.4, -0.2) is 33.9 Å². The van der Waals surface area contributed by atoms with Crippen LogP contribution in [0.2, 0.25) is 0 Å². The molecule has 0 unspecified atom stereocenters. The predicted octanol–water partition coefficient (Wildman–Crippen LogP) is 3.99. The SMILES string of the molecule is COc1ccccc1/C=N\n1c(N)c(C(=O)NCc2ccccc2)c2nc3ccccc3nc21. The van der Waals surface area contributed by atoms with Crippen molar-refractivity contribution in [3.05, 3.63) is 95.6 Å². The Labute approximate surface area is 195 Å². The first-order valence-corrected chi connectivity index (χ1v) is 10.7. The molecule has 2 heterocycles. The zero-order chi connectivity index (χ0) is 23.5. The number of hydrogen-bond acceptors (Lipinski definition) is 6. The summed E-state index contributed by atoms with van der Waals surface area (Å²) in [5, 5.41) is 7.47. The van der Waals surface area contributed by atoms with Crippen molar-refractivity contribution in [3.63, 3.8) is 0 Å². The number of aromatic nitrogens is 3. The largest absolute Gasteiger partial charge is 0.496 e. The first-order valence-electron chi connectivity index (χ1n) is 10.7. The van der Waals surface area contributed by atoms with Gasteiger partial charge in [-0.15, -0.1) is 0 Å². The van der Waals surface area contributed by atoms with Gasteiger partial charge in [-0.1, -0.05) is 54.6 Å². The first kappa shape index (κ1) is 21.1. The van der Waals surface area contributed by atoms with Crippen LogP contribution in [0.15, 0.2) is 84.0 Å². The molecule has 34 heavy (non-hydrogen) atoms. The number of amides is 1. The number of para-hydroxylation sites is 3. The molecule has 3 aromatic carbocycles. The molecule has 0 aliphatic heterocycles. The van der Waals surface area contributed by atoms with Crippen molar-refractivity contribution < 1.29 is 9.53 Å². The number of carbonyl (C=O) groups is 1. The molecule has 168 valence electrons. The molecule has 0 saturated carbocycles. The maximum absolute atomic E-state index is 13.2. The highest BCUT2D eigenvalue weighted by atomic mass is 16.5. The van der Waals surface area contributed by atoms with Crippen LogP contribution in [0, 0.1) is 0 Å². The molecule has 0 aliphatic carbocycles. The van der Waals surface area contributed by atoms with E-state index in [4.69, 9.17) is 20.4 Å². The molecule has 3 N–H and O–H groups in total. The third kappa shape index (κ3) is 3.93. The van der Waals surface area contributed by atoms with Gasteiger partial charge in [-0.25, -0.2) is 9.97 Å². The van der Waals surface area contributed by atoms with Crippen LogP contribution in [-0.2, 0) is 6.54 Å². The van der Waals surface area contributed by atoms with Crippen molar-refractivity contribution in [2.24, 2.45) is 5.10 Å². The van der Waals surface area contributed by atoms with E-state index < -0.39 is 0 Å². The molecule has 8 nitrogen and oxygen atoms in total. The molecule has 0 saturated heterocycles. The second-order valence-corrected chi connectivity index (χ2v) is 7.61. The van der Waals surface area contributed by atoms with E-state index >= 15 is 0 Å². The molecule has 8 heteroatoms. The molecule has 0 atom stereocenters. The summed E-state index contributed by atoms with van der Waals surface area (Å²) in [5.41, 5.74) is 10.6. The van der Waals surface area contributed by atoms with E-state index in [1.807, 2.05) is 78.9 Å². The summed E-state index contributed by atoms with van der Waals surface area (Å²) in [7, 11) is 1.60. The van der Waals surface area contributed by atoms with Crippen LogP contribution in [0.3, 0.4) is 0 Å². The van der Waals surface area contributed by atoms with Gasteiger partial charge in [-0.3, -0.25) is 4.79 Å². The Hall–Kier alpha value is -4.72. The van der Waals surface area contributed by atoms with Gasteiger partial charge in [-0.05, 0) is 29.8 Å². The van der Waals surface area contributed by atoms with Crippen LogP contribution in [0.4, 0.5) is 5.82 Å². The smallest absolute Gasteiger partial charge is 0.257 e. The third-order valence-electron chi connectivity index (χ3n) is 5.45. The number of ether oxygens (including phenoxy) is 1. The lowest BCUT2D eigenvalue weighted by molar-refractivity contribution is 0.0953. The normalized spacial score (nSPS) is 11.3.